The zero-order valence-corrected chi connectivity index (χ0v) is 19.4. The Morgan fingerprint density at radius 2 is 1.91 bits per heavy atom. The highest BCUT2D eigenvalue weighted by Crippen LogP contribution is 2.42. The molecule has 1 spiro atoms. The maximum absolute atomic E-state index is 11.7. The molecule has 3 aliphatic rings. The van der Waals surface area contributed by atoms with E-state index in [1.54, 1.807) is 6.92 Å². The van der Waals surface area contributed by atoms with Gasteiger partial charge in [0.1, 0.15) is 0 Å². The van der Waals surface area contributed by atoms with Crippen LogP contribution in [0.15, 0.2) is 24.4 Å². The van der Waals surface area contributed by atoms with E-state index in [0.717, 1.165) is 62.0 Å². The number of nitrogens with zero attached hydrogens (tertiary/aromatic N) is 5. The number of fused-ring (bicyclic) bond motifs is 1. The van der Waals surface area contributed by atoms with Crippen LogP contribution in [-0.4, -0.2) is 85.1 Å². The second kappa shape index (κ2) is 7.84. The molecule has 4 heterocycles. The zero-order valence-electron chi connectivity index (χ0n) is 18.6. The molecule has 1 amide bonds. The van der Waals surface area contributed by atoms with Gasteiger partial charge in [0, 0.05) is 69.2 Å². The molecule has 0 bridgehead atoms. The standard InChI is InChI=1S/C22H30N6O3S/c1-16(29)27-14-22(15-27)8-11-26(13-22)19-5-3-4-17-12-23-21(25-20(17)19)24-18-6-9-28(10-7-18)32(2,30)31/h3-5,12,18H,6-11,13-15H2,1-2H3,(H,23,24,25). The lowest BCUT2D eigenvalue weighted by atomic mass is 9.79. The first kappa shape index (κ1) is 21.4. The van der Waals surface area contributed by atoms with E-state index in [1.165, 1.54) is 10.6 Å². The third-order valence-corrected chi connectivity index (χ3v) is 8.43. The number of para-hydroxylation sites is 1. The maximum Gasteiger partial charge on any atom is 0.223 e. The van der Waals surface area contributed by atoms with Crippen molar-refractivity contribution >= 4 is 38.5 Å². The third kappa shape index (κ3) is 4.01. The molecule has 0 aliphatic carbocycles. The van der Waals surface area contributed by atoms with Crippen LogP contribution in [-0.2, 0) is 14.8 Å². The van der Waals surface area contributed by atoms with Gasteiger partial charge >= 0.3 is 0 Å². The summed E-state index contributed by atoms with van der Waals surface area (Å²) in [4.78, 5) is 25.3. The normalized spacial score (nSPS) is 21.8. The van der Waals surface area contributed by atoms with Gasteiger partial charge in [-0.15, -0.1) is 0 Å². The fourth-order valence-corrected chi connectivity index (χ4v) is 6.14. The summed E-state index contributed by atoms with van der Waals surface area (Å²) in [6.45, 7) is 6.26. The van der Waals surface area contributed by atoms with E-state index >= 15 is 0 Å². The van der Waals surface area contributed by atoms with Crippen LogP contribution in [0.3, 0.4) is 0 Å². The van der Waals surface area contributed by atoms with Crippen LogP contribution in [0.1, 0.15) is 26.2 Å². The van der Waals surface area contributed by atoms with Crippen molar-refractivity contribution in [2.24, 2.45) is 5.41 Å². The lowest BCUT2D eigenvalue weighted by Gasteiger charge is -2.47. The van der Waals surface area contributed by atoms with Gasteiger partial charge in [-0.1, -0.05) is 12.1 Å². The van der Waals surface area contributed by atoms with E-state index in [4.69, 9.17) is 4.98 Å². The van der Waals surface area contributed by atoms with Gasteiger partial charge in [0.05, 0.1) is 17.5 Å². The van der Waals surface area contributed by atoms with Gasteiger partial charge in [0.15, 0.2) is 0 Å². The molecule has 1 aromatic heterocycles. The second-order valence-corrected chi connectivity index (χ2v) is 11.5. The zero-order chi connectivity index (χ0) is 22.5. The number of hydrogen-bond acceptors (Lipinski definition) is 7. The first-order valence-corrected chi connectivity index (χ1v) is 13.1. The Labute approximate surface area is 188 Å². The summed E-state index contributed by atoms with van der Waals surface area (Å²) in [5, 5.41) is 4.41. The maximum atomic E-state index is 11.7. The van der Waals surface area contributed by atoms with Crippen LogP contribution in [0.2, 0.25) is 0 Å². The summed E-state index contributed by atoms with van der Waals surface area (Å²) >= 11 is 0. The molecular weight excluding hydrogens is 428 g/mol. The Morgan fingerprint density at radius 1 is 1.16 bits per heavy atom. The number of sulfonamides is 1. The van der Waals surface area contributed by atoms with Crippen molar-refractivity contribution in [3.05, 3.63) is 24.4 Å². The summed E-state index contributed by atoms with van der Waals surface area (Å²) in [5.74, 6) is 0.744. The quantitative estimate of drug-likeness (QED) is 0.742. The van der Waals surface area contributed by atoms with Gasteiger partial charge in [-0.25, -0.2) is 22.7 Å². The lowest BCUT2D eigenvalue weighted by Crippen LogP contribution is -2.59. The highest BCUT2D eigenvalue weighted by molar-refractivity contribution is 7.88. The van der Waals surface area contributed by atoms with Crippen molar-refractivity contribution in [2.45, 2.75) is 32.2 Å². The predicted octanol–water partition coefficient (Wildman–Crippen LogP) is 1.52. The van der Waals surface area contributed by atoms with Crippen molar-refractivity contribution < 1.29 is 13.2 Å². The van der Waals surface area contributed by atoms with Crippen LogP contribution in [0.4, 0.5) is 11.6 Å². The Bertz CT molecular complexity index is 1140. The molecule has 172 valence electrons. The minimum Gasteiger partial charge on any atom is -0.369 e. The highest BCUT2D eigenvalue weighted by atomic mass is 32.2. The minimum atomic E-state index is -3.13. The average molecular weight is 459 g/mol. The van der Waals surface area contributed by atoms with E-state index < -0.39 is 10.0 Å². The molecular formula is C22H30N6O3S. The molecule has 0 atom stereocenters. The number of nitrogens with one attached hydrogen (secondary N) is 1. The fourth-order valence-electron chi connectivity index (χ4n) is 5.26. The highest BCUT2D eigenvalue weighted by Gasteiger charge is 2.48. The van der Waals surface area contributed by atoms with Gasteiger partial charge in [-0.3, -0.25) is 4.79 Å². The molecule has 0 radical (unpaired) electrons. The number of hydrogen-bond donors (Lipinski definition) is 1. The van der Waals surface area contributed by atoms with Crippen LogP contribution in [0, 0.1) is 5.41 Å². The summed E-state index contributed by atoms with van der Waals surface area (Å²) < 4.78 is 25.0. The summed E-state index contributed by atoms with van der Waals surface area (Å²) in [7, 11) is -3.13. The molecule has 3 aliphatic heterocycles. The van der Waals surface area contributed by atoms with Crippen molar-refractivity contribution in [2.75, 3.05) is 55.7 Å². The largest absolute Gasteiger partial charge is 0.369 e. The number of carbonyl (C=O) groups excluding carboxylic acids is 1. The van der Waals surface area contributed by atoms with Crippen molar-refractivity contribution in [3.63, 3.8) is 0 Å². The van der Waals surface area contributed by atoms with Crippen LogP contribution >= 0.6 is 0 Å². The molecule has 10 heteroatoms. The van der Waals surface area contributed by atoms with Crippen LogP contribution in [0.5, 0.6) is 0 Å². The number of piperidine rings is 1. The van der Waals surface area contributed by atoms with Crippen molar-refractivity contribution in [1.82, 2.24) is 19.2 Å². The van der Waals surface area contributed by atoms with Gasteiger partial charge in [-0.2, -0.15) is 0 Å². The molecule has 0 unspecified atom stereocenters. The number of likely N-dealkylation sites (tertiary alicyclic amines) is 1. The van der Waals surface area contributed by atoms with E-state index in [1.807, 2.05) is 23.2 Å². The monoisotopic (exact) mass is 458 g/mol. The molecule has 5 rings (SSSR count). The number of anilines is 2. The molecule has 1 N–H and O–H groups in total. The molecule has 3 fully saturated rings. The van der Waals surface area contributed by atoms with Crippen LogP contribution < -0.4 is 10.2 Å². The Balaban J connectivity index is 1.31. The number of carbonyl (C=O) groups is 1. The molecule has 0 saturated carbocycles. The predicted molar refractivity (Wildman–Crippen MR) is 124 cm³/mol. The Hall–Kier alpha value is -2.46. The second-order valence-electron chi connectivity index (χ2n) is 9.54. The van der Waals surface area contributed by atoms with Crippen molar-refractivity contribution in [3.8, 4) is 0 Å². The molecule has 32 heavy (non-hydrogen) atoms. The average Bonchev–Trinajstić information content (AvgIpc) is 3.18. The van der Waals surface area contributed by atoms with Gasteiger partial charge in [-0.05, 0) is 25.3 Å². The van der Waals surface area contributed by atoms with Crippen molar-refractivity contribution in [1.29, 1.82) is 0 Å². The SMILES string of the molecule is CC(=O)N1CC2(CCN(c3cccc4cnc(NC5CCN(S(C)(=O)=O)CC5)nc34)C2)C1. The molecule has 9 nitrogen and oxygen atoms in total. The third-order valence-electron chi connectivity index (χ3n) is 7.12. The topological polar surface area (TPSA) is 98.7 Å². The van der Waals surface area contributed by atoms with Gasteiger partial charge in [0.2, 0.25) is 21.9 Å². The first-order chi connectivity index (χ1) is 15.2. The van der Waals surface area contributed by atoms with Gasteiger partial charge < -0.3 is 15.1 Å². The smallest absolute Gasteiger partial charge is 0.223 e. The number of rotatable bonds is 4. The summed E-state index contributed by atoms with van der Waals surface area (Å²) in [6, 6.07) is 6.34. The number of amides is 1. The molecule has 3 saturated heterocycles. The van der Waals surface area contributed by atoms with Crippen LogP contribution in [0.25, 0.3) is 10.9 Å². The van der Waals surface area contributed by atoms with Gasteiger partial charge in [0.25, 0.3) is 0 Å². The van der Waals surface area contributed by atoms with E-state index in [-0.39, 0.29) is 17.4 Å². The Kier molecular flexibility index (Phi) is 5.24. The Morgan fingerprint density at radius 3 is 2.59 bits per heavy atom. The first-order valence-electron chi connectivity index (χ1n) is 11.2. The minimum absolute atomic E-state index is 0.153. The number of benzene rings is 1. The van der Waals surface area contributed by atoms with E-state index in [9.17, 15) is 13.2 Å². The molecule has 2 aromatic rings. The summed E-state index contributed by atoms with van der Waals surface area (Å²) in [6.07, 6.45) is 5.67. The van der Waals surface area contributed by atoms with E-state index in [2.05, 4.69) is 21.3 Å². The molecule has 1 aromatic carbocycles. The lowest BCUT2D eigenvalue weighted by molar-refractivity contribution is -0.139. The fraction of sp³-hybridized carbons (Fsp3) is 0.591. The van der Waals surface area contributed by atoms with E-state index in [0.29, 0.717) is 19.0 Å². The summed E-state index contributed by atoms with van der Waals surface area (Å²) in [5.41, 5.74) is 2.24. The number of aromatic nitrogens is 2.